The molecule has 1 N–H and O–H groups in total. The van der Waals surface area contributed by atoms with Gasteiger partial charge in [-0.1, -0.05) is 47.5 Å². The monoisotopic (exact) mass is 469 g/mol. The van der Waals surface area contributed by atoms with Gasteiger partial charge < -0.3 is 14.8 Å². The standard InChI is InChI=1S/C28H27N3O4/c1-17-8-11-21(12-9-17)29-25(32)16-30-28-22(15-20-6-5-7-24(34-4)26(20)35-28)27(33)31(30)23-13-10-18(2)14-19(23)3/h5-14H,15-16H2,1-4H3,(H,29,32). The van der Waals surface area contributed by atoms with E-state index in [0.29, 0.717) is 40.7 Å². The van der Waals surface area contributed by atoms with Crippen LogP contribution in [0.3, 0.4) is 0 Å². The molecule has 4 aromatic rings. The molecule has 0 saturated heterocycles. The van der Waals surface area contributed by atoms with Crippen molar-refractivity contribution in [2.45, 2.75) is 33.7 Å². The zero-order valence-corrected chi connectivity index (χ0v) is 20.2. The number of methoxy groups -OCH3 is 1. The van der Waals surface area contributed by atoms with Crippen molar-refractivity contribution in [3.63, 3.8) is 0 Å². The molecule has 3 aromatic carbocycles. The zero-order valence-electron chi connectivity index (χ0n) is 20.2. The number of carbonyl (C=O) groups is 1. The number of nitrogens with one attached hydrogen (secondary N) is 1. The molecule has 0 atom stereocenters. The minimum absolute atomic E-state index is 0.101. The molecule has 1 amide bonds. The Kier molecular flexibility index (Phi) is 5.68. The molecule has 0 fully saturated rings. The molecule has 0 bridgehead atoms. The summed E-state index contributed by atoms with van der Waals surface area (Å²) in [6, 6.07) is 19.1. The molecule has 0 aliphatic carbocycles. The number of amides is 1. The van der Waals surface area contributed by atoms with Gasteiger partial charge in [0.1, 0.15) is 6.54 Å². The van der Waals surface area contributed by atoms with Crippen molar-refractivity contribution < 1.29 is 14.3 Å². The summed E-state index contributed by atoms with van der Waals surface area (Å²) in [4.78, 5) is 26.8. The first-order valence-corrected chi connectivity index (χ1v) is 11.5. The first kappa shape index (κ1) is 22.5. The van der Waals surface area contributed by atoms with Crippen LogP contribution in [-0.4, -0.2) is 22.4 Å². The largest absolute Gasteiger partial charge is 0.493 e. The van der Waals surface area contributed by atoms with E-state index in [0.717, 1.165) is 22.3 Å². The molecule has 0 radical (unpaired) electrons. The average molecular weight is 470 g/mol. The second-order valence-electron chi connectivity index (χ2n) is 8.89. The number of hydrogen-bond donors (Lipinski definition) is 1. The molecule has 7 nitrogen and oxygen atoms in total. The summed E-state index contributed by atoms with van der Waals surface area (Å²) in [6.45, 7) is 5.85. The maximum atomic E-state index is 13.7. The van der Waals surface area contributed by atoms with Gasteiger partial charge in [0.2, 0.25) is 11.8 Å². The van der Waals surface area contributed by atoms with Crippen molar-refractivity contribution in [1.29, 1.82) is 0 Å². The van der Waals surface area contributed by atoms with Gasteiger partial charge in [0.25, 0.3) is 5.56 Å². The van der Waals surface area contributed by atoms with Gasteiger partial charge in [0.05, 0.1) is 18.4 Å². The molecule has 0 spiro atoms. The lowest BCUT2D eigenvalue weighted by Gasteiger charge is -2.21. The number of aryl methyl sites for hydroxylation is 3. The van der Waals surface area contributed by atoms with E-state index >= 15 is 0 Å². The third-order valence-corrected chi connectivity index (χ3v) is 6.24. The molecule has 35 heavy (non-hydrogen) atoms. The van der Waals surface area contributed by atoms with Crippen LogP contribution in [0, 0.1) is 20.8 Å². The predicted octanol–water partition coefficient (Wildman–Crippen LogP) is 4.91. The molecule has 178 valence electrons. The number of aromatic nitrogens is 2. The van der Waals surface area contributed by atoms with Gasteiger partial charge in [0, 0.05) is 17.7 Å². The first-order valence-electron chi connectivity index (χ1n) is 11.5. The van der Waals surface area contributed by atoms with Crippen molar-refractivity contribution >= 4 is 11.6 Å². The maximum Gasteiger partial charge on any atom is 0.278 e. The summed E-state index contributed by atoms with van der Waals surface area (Å²) >= 11 is 0. The fourth-order valence-electron chi connectivity index (χ4n) is 4.50. The lowest BCUT2D eigenvalue weighted by atomic mass is 10.0. The number of hydrogen-bond acceptors (Lipinski definition) is 4. The first-order chi connectivity index (χ1) is 16.9. The van der Waals surface area contributed by atoms with Gasteiger partial charge in [-0.05, 0) is 50.6 Å². The van der Waals surface area contributed by atoms with Crippen LogP contribution in [0.15, 0.2) is 65.5 Å². The lowest BCUT2D eigenvalue weighted by molar-refractivity contribution is -0.117. The van der Waals surface area contributed by atoms with E-state index in [-0.39, 0.29) is 18.0 Å². The van der Waals surface area contributed by atoms with Crippen LogP contribution in [-0.2, 0) is 17.8 Å². The molecule has 5 rings (SSSR count). The Balaban J connectivity index is 1.62. The molecule has 1 aromatic heterocycles. The number of fused-ring (bicyclic) bond motifs is 2. The molecule has 2 heterocycles. The molecular formula is C28H27N3O4. The predicted molar refractivity (Wildman–Crippen MR) is 135 cm³/mol. The van der Waals surface area contributed by atoms with Gasteiger partial charge in [-0.3, -0.25) is 9.59 Å². The smallest absolute Gasteiger partial charge is 0.278 e. The zero-order chi connectivity index (χ0) is 24.7. The summed E-state index contributed by atoms with van der Waals surface area (Å²) in [5.74, 6) is 1.23. The van der Waals surface area contributed by atoms with Crippen LogP contribution in [0.1, 0.15) is 27.8 Å². The van der Waals surface area contributed by atoms with Crippen molar-refractivity contribution in [3.05, 3.63) is 98.8 Å². The lowest BCUT2D eigenvalue weighted by Crippen LogP contribution is -2.28. The highest BCUT2D eigenvalue weighted by Crippen LogP contribution is 2.42. The quantitative estimate of drug-likeness (QED) is 0.397. The Labute approximate surface area is 203 Å². The van der Waals surface area contributed by atoms with Crippen LogP contribution >= 0.6 is 0 Å². The normalized spacial score (nSPS) is 11.9. The Morgan fingerprint density at radius 1 is 1.03 bits per heavy atom. The average Bonchev–Trinajstić information content (AvgIpc) is 3.09. The van der Waals surface area contributed by atoms with Crippen molar-refractivity contribution in [1.82, 2.24) is 9.36 Å². The van der Waals surface area contributed by atoms with E-state index < -0.39 is 0 Å². The summed E-state index contributed by atoms with van der Waals surface area (Å²) in [7, 11) is 1.58. The van der Waals surface area contributed by atoms with E-state index in [1.165, 1.54) is 0 Å². The van der Waals surface area contributed by atoms with Gasteiger partial charge in [-0.25, -0.2) is 9.36 Å². The topological polar surface area (TPSA) is 74.5 Å². The maximum absolute atomic E-state index is 13.7. The summed E-state index contributed by atoms with van der Waals surface area (Å²) < 4.78 is 14.9. The van der Waals surface area contributed by atoms with E-state index in [2.05, 4.69) is 5.32 Å². The SMILES string of the molecule is COc1cccc2c1Oc1c(c(=O)n(-c3ccc(C)cc3C)n1CC(=O)Nc1ccc(C)cc1)C2. The van der Waals surface area contributed by atoms with Crippen LogP contribution < -0.4 is 20.3 Å². The van der Waals surface area contributed by atoms with Gasteiger partial charge in [0.15, 0.2) is 11.5 Å². The number of ether oxygens (including phenoxy) is 2. The molecular weight excluding hydrogens is 442 g/mol. The van der Waals surface area contributed by atoms with Crippen molar-refractivity contribution in [2.24, 2.45) is 0 Å². The second-order valence-corrected chi connectivity index (χ2v) is 8.89. The van der Waals surface area contributed by atoms with Crippen LogP contribution in [0.25, 0.3) is 5.69 Å². The fraction of sp³-hybridized carbons (Fsp3) is 0.214. The Morgan fingerprint density at radius 2 is 1.77 bits per heavy atom. The Morgan fingerprint density at radius 3 is 2.49 bits per heavy atom. The van der Waals surface area contributed by atoms with Gasteiger partial charge in [-0.15, -0.1) is 0 Å². The fourth-order valence-corrected chi connectivity index (χ4v) is 4.50. The van der Waals surface area contributed by atoms with E-state index in [1.54, 1.807) is 16.5 Å². The highest BCUT2D eigenvalue weighted by molar-refractivity contribution is 5.90. The highest BCUT2D eigenvalue weighted by atomic mass is 16.5. The Hall–Kier alpha value is -4.26. The molecule has 0 saturated carbocycles. The second kappa shape index (κ2) is 8.83. The molecule has 1 aliphatic heterocycles. The molecule has 1 aliphatic rings. The minimum atomic E-state index is -0.264. The number of benzene rings is 3. The van der Waals surface area contributed by atoms with Crippen LogP contribution in [0.5, 0.6) is 17.4 Å². The van der Waals surface area contributed by atoms with Crippen LogP contribution in [0.2, 0.25) is 0 Å². The minimum Gasteiger partial charge on any atom is -0.493 e. The number of rotatable bonds is 5. The third-order valence-electron chi connectivity index (χ3n) is 6.24. The third kappa shape index (κ3) is 4.10. The Bertz CT molecular complexity index is 1500. The summed E-state index contributed by atoms with van der Waals surface area (Å²) in [5.41, 5.74) is 5.69. The van der Waals surface area contributed by atoms with E-state index in [1.807, 2.05) is 81.4 Å². The summed E-state index contributed by atoms with van der Waals surface area (Å²) in [5, 5.41) is 2.92. The number of nitrogens with zero attached hydrogens (tertiary/aromatic N) is 2. The highest BCUT2D eigenvalue weighted by Gasteiger charge is 2.31. The summed E-state index contributed by atoms with van der Waals surface area (Å²) in [6.07, 6.45) is 0.387. The van der Waals surface area contributed by atoms with E-state index in [4.69, 9.17) is 9.47 Å². The number of para-hydroxylation sites is 1. The number of carbonyl (C=O) groups excluding carboxylic acids is 1. The molecule has 0 unspecified atom stereocenters. The van der Waals surface area contributed by atoms with Gasteiger partial charge >= 0.3 is 0 Å². The van der Waals surface area contributed by atoms with E-state index in [9.17, 15) is 9.59 Å². The van der Waals surface area contributed by atoms with Gasteiger partial charge in [-0.2, -0.15) is 0 Å². The van der Waals surface area contributed by atoms with Crippen molar-refractivity contribution in [3.8, 4) is 23.1 Å². The molecule has 7 heteroatoms. The number of anilines is 1. The van der Waals surface area contributed by atoms with Crippen molar-refractivity contribution in [2.75, 3.05) is 12.4 Å². The van der Waals surface area contributed by atoms with Crippen LogP contribution in [0.4, 0.5) is 5.69 Å².